The topological polar surface area (TPSA) is 54.0 Å². The minimum absolute atomic E-state index is 0.737. The number of hydrogen-bond donors (Lipinski definition) is 0. The average molecular weight is 356 g/mol. The minimum Gasteiger partial charge on any atom is -0.285 e. The van der Waals surface area contributed by atoms with Gasteiger partial charge in [-0.05, 0) is 61.1 Å². The molecule has 0 saturated heterocycles. The van der Waals surface area contributed by atoms with Crippen molar-refractivity contribution in [2.45, 2.75) is 35.7 Å². The molecule has 4 aromatic rings. The van der Waals surface area contributed by atoms with Crippen LogP contribution in [0.4, 0.5) is 0 Å². The van der Waals surface area contributed by atoms with E-state index in [9.17, 15) is 5.26 Å². The van der Waals surface area contributed by atoms with Crippen LogP contribution in [-0.2, 0) is 12.8 Å². The average Bonchev–Trinajstić information content (AvgIpc) is 3.08. The first-order valence-corrected chi connectivity index (χ1v) is 9.62. The van der Waals surface area contributed by atoms with Crippen molar-refractivity contribution in [1.29, 1.82) is 5.26 Å². The second-order valence-electron chi connectivity index (χ2n) is 6.49. The van der Waals surface area contributed by atoms with Gasteiger partial charge < -0.3 is 0 Å². The molecule has 0 bridgehead atoms. The van der Waals surface area contributed by atoms with Crippen LogP contribution in [-0.4, -0.2) is 14.4 Å². The summed E-state index contributed by atoms with van der Waals surface area (Å²) in [5.74, 6) is 0. The smallest absolute Gasteiger partial charge is 0.157 e. The lowest BCUT2D eigenvalue weighted by atomic mass is 9.90. The summed E-state index contributed by atoms with van der Waals surface area (Å²) in [6, 6.07) is 16.5. The Hall–Kier alpha value is -2.84. The normalized spacial score (nSPS) is 13.7. The molecule has 0 saturated carbocycles. The molecule has 0 N–H and O–H groups in total. The van der Waals surface area contributed by atoms with Gasteiger partial charge in [0.1, 0.15) is 11.1 Å². The predicted octanol–water partition coefficient (Wildman–Crippen LogP) is 4.78. The van der Waals surface area contributed by atoms with Crippen LogP contribution in [0.3, 0.4) is 0 Å². The van der Waals surface area contributed by atoms with Gasteiger partial charge in [-0.2, -0.15) is 5.26 Å². The van der Waals surface area contributed by atoms with Crippen molar-refractivity contribution in [2.75, 3.05) is 0 Å². The molecule has 0 amide bonds. The molecule has 26 heavy (non-hydrogen) atoms. The predicted molar refractivity (Wildman–Crippen MR) is 102 cm³/mol. The summed E-state index contributed by atoms with van der Waals surface area (Å²) < 4.78 is 2.16. The Balaban J connectivity index is 1.90. The number of nitrogens with zero attached hydrogens (tertiary/aromatic N) is 4. The first kappa shape index (κ1) is 15.4. The third-order valence-corrected chi connectivity index (χ3v) is 6.04. The Labute approximate surface area is 155 Å². The van der Waals surface area contributed by atoms with Crippen LogP contribution in [0, 0.1) is 11.3 Å². The molecule has 126 valence electrons. The largest absolute Gasteiger partial charge is 0.285 e. The Morgan fingerprint density at radius 3 is 2.62 bits per heavy atom. The number of hydrogen-bond acceptors (Lipinski definition) is 4. The number of imidazole rings is 1. The summed E-state index contributed by atoms with van der Waals surface area (Å²) in [5, 5.41) is 12.0. The van der Waals surface area contributed by atoms with Gasteiger partial charge in [-0.3, -0.25) is 4.40 Å². The first-order valence-electron chi connectivity index (χ1n) is 8.80. The Bertz CT molecular complexity index is 1170. The van der Waals surface area contributed by atoms with Gasteiger partial charge in [0.05, 0.1) is 21.6 Å². The summed E-state index contributed by atoms with van der Waals surface area (Å²) in [4.78, 5) is 9.30. The van der Waals surface area contributed by atoms with Crippen molar-refractivity contribution < 1.29 is 0 Å². The highest BCUT2D eigenvalue weighted by Gasteiger charge is 2.25. The molecule has 0 radical (unpaired) electrons. The number of fused-ring (bicyclic) bond motifs is 4. The maximum atomic E-state index is 9.87. The molecule has 0 spiro atoms. The highest BCUT2D eigenvalue weighted by molar-refractivity contribution is 7.99. The zero-order valence-corrected chi connectivity index (χ0v) is 15.0. The zero-order chi connectivity index (χ0) is 17.5. The number of para-hydroxylation sites is 2. The molecule has 4 nitrogen and oxygen atoms in total. The summed E-state index contributed by atoms with van der Waals surface area (Å²) in [7, 11) is 0. The molecule has 5 heteroatoms. The third kappa shape index (κ3) is 2.30. The molecule has 0 aliphatic heterocycles. The molecular formula is C21H16N4S. The van der Waals surface area contributed by atoms with E-state index < -0.39 is 0 Å². The second-order valence-corrected chi connectivity index (χ2v) is 7.49. The first-order chi connectivity index (χ1) is 12.9. The number of nitriles is 1. The third-order valence-electron chi connectivity index (χ3n) is 4.97. The van der Waals surface area contributed by atoms with Crippen molar-refractivity contribution in [3.8, 4) is 6.07 Å². The van der Waals surface area contributed by atoms with Gasteiger partial charge in [0, 0.05) is 6.20 Å². The maximum absolute atomic E-state index is 9.87. The molecule has 1 aliphatic carbocycles. The van der Waals surface area contributed by atoms with Gasteiger partial charge in [-0.15, -0.1) is 0 Å². The summed E-state index contributed by atoms with van der Waals surface area (Å²) >= 11 is 1.67. The SMILES string of the molecule is N#Cc1c2c(c(Sc3ccccn3)n3c1nc1ccccc13)CCCC2. The highest BCUT2D eigenvalue weighted by Crippen LogP contribution is 2.39. The zero-order valence-electron chi connectivity index (χ0n) is 14.1. The van der Waals surface area contributed by atoms with E-state index in [1.54, 1.807) is 11.8 Å². The maximum Gasteiger partial charge on any atom is 0.157 e. The van der Waals surface area contributed by atoms with Crippen molar-refractivity contribution >= 4 is 28.4 Å². The van der Waals surface area contributed by atoms with Gasteiger partial charge >= 0.3 is 0 Å². The van der Waals surface area contributed by atoms with Gasteiger partial charge in [0.15, 0.2) is 5.65 Å². The van der Waals surface area contributed by atoms with Crippen LogP contribution in [0.5, 0.6) is 0 Å². The highest BCUT2D eigenvalue weighted by atomic mass is 32.2. The van der Waals surface area contributed by atoms with E-state index in [0.717, 1.165) is 58.0 Å². The molecule has 3 heterocycles. The van der Waals surface area contributed by atoms with Gasteiger partial charge in [0.2, 0.25) is 0 Å². The van der Waals surface area contributed by atoms with Gasteiger partial charge in [-0.1, -0.05) is 30.0 Å². The molecule has 0 unspecified atom stereocenters. The fourth-order valence-corrected chi connectivity index (χ4v) is 4.90. The number of pyridine rings is 2. The van der Waals surface area contributed by atoms with Crippen molar-refractivity contribution in [1.82, 2.24) is 14.4 Å². The fraction of sp³-hybridized carbons (Fsp3) is 0.190. The van der Waals surface area contributed by atoms with Crippen LogP contribution in [0.15, 0.2) is 58.7 Å². The Morgan fingerprint density at radius 2 is 1.81 bits per heavy atom. The molecular weight excluding hydrogens is 340 g/mol. The molecule has 1 aromatic carbocycles. The summed E-state index contributed by atoms with van der Waals surface area (Å²) in [6.45, 7) is 0. The monoisotopic (exact) mass is 356 g/mol. The van der Waals surface area contributed by atoms with Crippen molar-refractivity contribution in [3.05, 3.63) is 65.4 Å². The number of aromatic nitrogens is 3. The number of rotatable bonds is 2. The van der Waals surface area contributed by atoms with E-state index in [2.05, 4.69) is 21.5 Å². The minimum atomic E-state index is 0.737. The van der Waals surface area contributed by atoms with Crippen molar-refractivity contribution in [2.24, 2.45) is 0 Å². The summed E-state index contributed by atoms with van der Waals surface area (Å²) in [6.07, 6.45) is 6.06. The lowest BCUT2D eigenvalue weighted by Crippen LogP contribution is -2.11. The lowest BCUT2D eigenvalue weighted by molar-refractivity contribution is 0.664. The number of benzene rings is 1. The molecule has 1 aliphatic rings. The quantitative estimate of drug-likeness (QED) is 0.518. The van der Waals surface area contributed by atoms with E-state index in [4.69, 9.17) is 4.98 Å². The van der Waals surface area contributed by atoms with Gasteiger partial charge in [0.25, 0.3) is 0 Å². The van der Waals surface area contributed by atoms with Crippen LogP contribution in [0.25, 0.3) is 16.7 Å². The Kier molecular flexibility index (Phi) is 3.65. The van der Waals surface area contributed by atoms with Crippen LogP contribution in [0.2, 0.25) is 0 Å². The summed E-state index contributed by atoms with van der Waals surface area (Å²) in [5.41, 5.74) is 5.95. The Morgan fingerprint density at radius 1 is 1.00 bits per heavy atom. The van der Waals surface area contributed by atoms with Crippen molar-refractivity contribution in [3.63, 3.8) is 0 Å². The standard InChI is InChI=1S/C21H16N4S/c22-13-16-14-7-1-2-8-15(14)21(26-19-11-5-6-12-23-19)25-18-10-4-3-9-17(18)24-20(16)25/h3-6,9-12H,1-2,7-8H2. The lowest BCUT2D eigenvalue weighted by Gasteiger charge is -2.22. The van der Waals surface area contributed by atoms with Crippen LogP contribution >= 0.6 is 11.8 Å². The molecule has 0 fully saturated rings. The van der Waals surface area contributed by atoms with Crippen LogP contribution in [0.1, 0.15) is 29.5 Å². The van der Waals surface area contributed by atoms with Crippen LogP contribution < -0.4 is 0 Å². The van der Waals surface area contributed by atoms with E-state index in [1.165, 1.54) is 11.1 Å². The van der Waals surface area contributed by atoms with E-state index in [1.807, 2.05) is 42.6 Å². The molecule has 3 aromatic heterocycles. The van der Waals surface area contributed by atoms with E-state index in [-0.39, 0.29) is 0 Å². The molecule has 0 atom stereocenters. The second kappa shape index (κ2) is 6.15. The molecule has 5 rings (SSSR count). The van der Waals surface area contributed by atoms with E-state index >= 15 is 0 Å². The van der Waals surface area contributed by atoms with E-state index in [0.29, 0.717) is 0 Å². The fourth-order valence-electron chi connectivity index (χ4n) is 3.82. The van der Waals surface area contributed by atoms with Gasteiger partial charge in [-0.25, -0.2) is 9.97 Å².